The lowest BCUT2D eigenvalue weighted by molar-refractivity contribution is -0.158. The van der Waals surface area contributed by atoms with Crippen LogP contribution in [-0.2, 0) is 6.54 Å². The Bertz CT molecular complexity index is 751. The topological polar surface area (TPSA) is 19.4 Å². The van der Waals surface area contributed by atoms with Crippen molar-refractivity contribution in [3.63, 3.8) is 0 Å². The van der Waals surface area contributed by atoms with Gasteiger partial charge in [-0.3, -0.25) is 9.88 Å². The summed E-state index contributed by atoms with van der Waals surface area (Å²) in [6.07, 6.45) is 3.76. The van der Waals surface area contributed by atoms with Crippen LogP contribution in [0.2, 0.25) is 0 Å². The van der Waals surface area contributed by atoms with Crippen LogP contribution in [0.4, 0.5) is 18.9 Å². The number of halogens is 3. The number of alkyl halides is 2. The number of hydrogen-bond donors (Lipinski definition) is 0. The Balaban J connectivity index is 1.51. The lowest BCUT2D eigenvalue weighted by Crippen LogP contribution is -2.56. The lowest BCUT2D eigenvalue weighted by atomic mass is 9.75. The van der Waals surface area contributed by atoms with Gasteiger partial charge in [0.25, 0.3) is 5.92 Å². The van der Waals surface area contributed by atoms with Crippen LogP contribution in [0.1, 0.15) is 18.4 Å². The van der Waals surface area contributed by atoms with Gasteiger partial charge >= 0.3 is 0 Å². The van der Waals surface area contributed by atoms with Crippen molar-refractivity contribution in [1.29, 1.82) is 0 Å². The predicted molar refractivity (Wildman–Crippen MR) is 94.7 cm³/mol. The second kappa shape index (κ2) is 6.58. The van der Waals surface area contributed by atoms with Gasteiger partial charge in [-0.15, -0.1) is 0 Å². The van der Waals surface area contributed by atoms with Gasteiger partial charge in [-0.2, -0.15) is 0 Å². The van der Waals surface area contributed by atoms with Crippen LogP contribution in [0.25, 0.3) is 0 Å². The zero-order chi connectivity index (χ0) is 18.2. The fourth-order valence-electron chi connectivity index (χ4n) is 4.23. The van der Waals surface area contributed by atoms with Crippen LogP contribution >= 0.6 is 0 Å². The molecular formula is C20H22F3N3. The van der Waals surface area contributed by atoms with Crippen LogP contribution in [0.15, 0.2) is 48.8 Å². The summed E-state index contributed by atoms with van der Waals surface area (Å²) in [6, 6.07) is 10.0. The molecule has 3 heterocycles. The second-order valence-electron chi connectivity index (χ2n) is 7.45. The molecular weight excluding hydrogens is 339 g/mol. The van der Waals surface area contributed by atoms with E-state index in [1.807, 2.05) is 17.0 Å². The van der Waals surface area contributed by atoms with Crippen LogP contribution < -0.4 is 4.90 Å². The first-order chi connectivity index (χ1) is 12.5. The molecule has 2 aliphatic rings. The van der Waals surface area contributed by atoms with Gasteiger partial charge in [0.05, 0.1) is 17.3 Å². The van der Waals surface area contributed by atoms with Crippen molar-refractivity contribution in [2.75, 3.05) is 31.1 Å². The summed E-state index contributed by atoms with van der Waals surface area (Å²) in [5.74, 6) is -2.96. The molecule has 0 N–H and O–H groups in total. The first-order valence-corrected chi connectivity index (χ1v) is 8.97. The van der Waals surface area contributed by atoms with E-state index in [4.69, 9.17) is 0 Å². The maximum absolute atomic E-state index is 14.9. The van der Waals surface area contributed by atoms with Gasteiger partial charge < -0.3 is 4.90 Å². The minimum absolute atomic E-state index is 0.130. The molecule has 0 unspecified atom stereocenters. The highest BCUT2D eigenvalue weighted by molar-refractivity contribution is 5.45. The largest absolute Gasteiger partial charge is 0.369 e. The quantitative estimate of drug-likeness (QED) is 0.825. The van der Waals surface area contributed by atoms with E-state index in [1.54, 1.807) is 24.5 Å². The number of aromatic nitrogens is 1. The van der Waals surface area contributed by atoms with Gasteiger partial charge in [0.2, 0.25) is 0 Å². The van der Waals surface area contributed by atoms with Gasteiger partial charge in [0, 0.05) is 45.3 Å². The molecule has 2 aliphatic heterocycles. The zero-order valence-corrected chi connectivity index (χ0v) is 14.5. The number of nitrogens with zero attached hydrogens (tertiary/aromatic N) is 3. The van der Waals surface area contributed by atoms with E-state index >= 15 is 0 Å². The molecule has 1 spiro atoms. The summed E-state index contributed by atoms with van der Waals surface area (Å²) < 4.78 is 42.9. The Labute approximate surface area is 151 Å². The van der Waals surface area contributed by atoms with Crippen molar-refractivity contribution in [1.82, 2.24) is 9.88 Å². The Hall–Kier alpha value is -2.08. The molecule has 2 aromatic rings. The van der Waals surface area contributed by atoms with Gasteiger partial charge in [-0.25, -0.2) is 13.2 Å². The van der Waals surface area contributed by atoms with E-state index in [0.29, 0.717) is 39.1 Å². The third kappa shape index (κ3) is 3.18. The van der Waals surface area contributed by atoms with Gasteiger partial charge in [0.15, 0.2) is 0 Å². The molecule has 1 aromatic carbocycles. The number of likely N-dealkylation sites (tertiary alicyclic amines) is 1. The van der Waals surface area contributed by atoms with Crippen molar-refractivity contribution < 1.29 is 13.2 Å². The minimum Gasteiger partial charge on any atom is -0.369 e. The number of benzene rings is 1. The highest BCUT2D eigenvalue weighted by atomic mass is 19.3. The Morgan fingerprint density at radius 2 is 1.81 bits per heavy atom. The number of pyridine rings is 1. The average Bonchev–Trinajstić information content (AvgIpc) is 3.07. The van der Waals surface area contributed by atoms with E-state index < -0.39 is 11.3 Å². The van der Waals surface area contributed by atoms with Crippen molar-refractivity contribution in [3.8, 4) is 0 Å². The molecule has 4 rings (SSSR count). The minimum atomic E-state index is -2.68. The molecule has 0 saturated carbocycles. The first kappa shape index (κ1) is 17.3. The smallest absolute Gasteiger partial charge is 0.257 e. The third-order valence-electron chi connectivity index (χ3n) is 5.73. The maximum atomic E-state index is 14.9. The monoisotopic (exact) mass is 361 g/mol. The van der Waals surface area contributed by atoms with Crippen molar-refractivity contribution >= 4 is 5.69 Å². The Morgan fingerprint density at radius 3 is 2.54 bits per heavy atom. The second-order valence-corrected chi connectivity index (χ2v) is 7.45. The average molecular weight is 361 g/mol. The van der Waals surface area contributed by atoms with Gasteiger partial charge in [0.1, 0.15) is 5.82 Å². The maximum Gasteiger partial charge on any atom is 0.257 e. The number of anilines is 1. The molecule has 0 amide bonds. The van der Waals surface area contributed by atoms with Crippen molar-refractivity contribution in [2.45, 2.75) is 25.3 Å². The van der Waals surface area contributed by atoms with Crippen LogP contribution in [-0.4, -0.2) is 42.0 Å². The molecule has 0 aliphatic carbocycles. The summed E-state index contributed by atoms with van der Waals surface area (Å²) in [5, 5.41) is 0. The zero-order valence-electron chi connectivity index (χ0n) is 14.5. The fourth-order valence-corrected chi connectivity index (χ4v) is 4.23. The van der Waals surface area contributed by atoms with E-state index in [1.165, 1.54) is 12.1 Å². The number of piperidine rings is 1. The summed E-state index contributed by atoms with van der Waals surface area (Å²) in [7, 11) is 0. The molecule has 138 valence electrons. The standard InChI is InChI=1S/C20H22F3N3/c21-17-5-3-16(4-6-17)13-25-10-8-20(22,23)19(14-25)7-11-26(15-19)18-2-1-9-24-12-18/h1-6,9,12H,7-8,10-11,13-15H2/t19-/m0/s1. The van der Waals surface area contributed by atoms with E-state index in [2.05, 4.69) is 9.88 Å². The molecule has 2 fully saturated rings. The highest BCUT2D eigenvalue weighted by Gasteiger charge is 2.59. The highest BCUT2D eigenvalue weighted by Crippen LogP contribution is 2.50. The van der Waals surface area contributed by atoms with E-state index in [9.17, 15) is 13.2 Å². The van der Waals surface area contributed by atoms with E-state index in [-0.39, 0.29) is 12.2 Å². The van der Waals surface area contributed by atoms with E-state index in [0.717, 1.165) is 11.3 Å². The molecule has 0 bridgehead atoms. The summed E-state index contributed by atoms with van der Waals surface area (Å²) in [5.41, 5.74) is 0.811. The summed E-state index contributed by atoms with van der Waals surface area (Å²) in [6.45, 7) is 2.25. The molecule has 1 atom stereocenters. The molecule has 0 radical (unpaired) electrons. The lowest BCUT2D eigenvalue weighted by Gasteiger charge is -2.46. The SMILES string of the molecule is Fc1ccc(CN2CCC(F)(F)[C@@]3(CCN(c4cccnc4)C3)C2)cc1. The fraction of sp³-hybridized carbons (Fsp3) is 0.450. The van der Waals surface area contributed by atoms with Crippen molar-refractivity contribution in [2.24, 2.45) is 5.41 Å². The van der Waals surface area contributed by atoms with Gasteiger partial charge in [-0.1, -0.05) is 12.1 Å². The summed E-state index contributed by atoms with van der Waals surface area (Å²) >= 11 is 0. The normalized spacial score (nSPS) is 25.7. The van der Waals surface area contributed by atoms with Gasteiger partial charge in [-0.05, 0) is 36.2 Å². The molecule has 1 aromatic heterocycles. The van der Waals surface area contributed by atoms with Crippen LogP contribution in [0.3, 0.4) is 0 Å². The van der Waals surface area contributed by atoms with Crippen molar-refractivity contribution in [3.05, 3.63) is 60.2 Å². The molecule has 3 nitrogen and oxygen atoms in total. The Kier molecular flexibility index (Phi) is 4.39. The summed E-state index contributed by atoms with van der Waals surface area (Å²) in [4.78, 5) is 8.20. The third-order valence-corrected chi connectivity index (χ3v) is 5.73. The number of hydrogen-bond acceptors (Lipinski definition) is 3. The van der Waals surface area contributed by atoms with Crippen LogP contribution in [0, 0.1) is 11.2 Å². The molecule has 26 heavy (non-hydrogen) atoms. The number of rotatable bonds is 3. The molecule has 2 saturated heterocycles. The predicted octanol–water partition coefficient (Wildman–Crippen LogP) is 3.96. The molecule has 6 heteroatoms. The Morgan fingerprint density at radius 1 is 1.00 bits per heavy atom. The first-order valence-electron chi connectivity index (χ1n) is 8.97. The van der Waals surface area contributed by atoms with Crippen LogP contribution in [0.5, 0.6) is 0 Å².